The van der Waals surface area contributed by atoms with Crippen LogP contribution < -0.4 is 5.32 Å². The Hall–Kier alpha value is -1.82. The van der Waals surface area contributed by atoms with E-state index in [-0.39, 0.29) is 10.7 Å². The largest absolute Gasteiger partial charge is 0.348 e. The van der Waals surface area contributed by atoms with Crippen molar-refractivity contribution in [3.63, 3.8) is 0 Å². The number of thioether (sulfide) groups is 1. The number of hydrogen-bond acceptors (Lipinski definition) is 4. The molecule has 110 valence electrons. The number of H-pyrrole nitrogens is 1. The van der Waals surface area contributed by atoms with Gasteiger partial charge in [0, 0.05) is 4.90 Å². The number of benzene rings is 1. The van der Waals surface area contributed by atoms with E-state index < -0.39 is 0 Å². The van der Waals surface area contributed by atoms with E-state index in [0.29, 0.717) is 12.4 Å². The molecule has 0 bridgehead atoms. The minimum Gasteiger partial charge on any atom is -0.348 e. The topological polar surface area (TPSA) is 70.7 Å². The van der Waals surface area contributed by atoms with Crippen molar-refractivity contribution in [2.45, 2.75) is 41.9 Å². The molecule has 1 aromatic heterocycles. The number of rotatable bonds is 5. The first-order valence-electron chi connectivity index (χ1n) is 7.15. The van der Waals surface area contributed by atoms with Gasteiger partial charge in [0.25, 0.3) is 0 Å². The van der Waals surface area contributed by atoms with E-state index in [1.54, 1.807) is 11.8 Å². The molecule has 0 aliphatic heterocycles. The first kappa shape index (κ1) is 14.1. The molecule has 1 aliphatic carbocycles. The van der Waals surface area contributed by atoms with Gasteiger partial charge in [0.1, 0.15) is 12.2 Å². The first-order valence-corrected chi connectivity index (χ1v) is 7.97. The second-order valence-corrected chi connectivity index (χ2v) is 6.69. The van der Waals surface area contributed by atoms with Crippen molar-refractivity contribution < 1.29 is 4.79 Å². The normalized spacial score (nSPS) is 16.8. The molecule has 1 saturated carbocycles. The maximum atomic E-state index is 12.7. The van der Waals surface area contributed by atoms with Gasteiger partial charge in [0.15, 0.2) is 0 Å². The summed E-state index contributed by atoms with van der Waals surface area (Å²) < 4.78 is -0.346. The number of nitrogens with zero attached hydrogens (tertiary/aromatic N) is 2. The number of amides is 1. The Morgan fingerprint density at radius 3 is 2.71 bits per heavy atom. The fraction of sp³-hybridized carbons (Fsp3) is 0.400. The lowest BCUT2D eigenvalue weighted by atomic mass is 10.1. The van der Waals surface area contributed by atoms with Crippen molar-refractivity contribution in [1.82, 2.24) is 20.5 Å². The molecule has 0 radical (unpaired) electrons. The van der Waals surface area contributed by atoms with Crippen LogP contribution in [0.2, 0.25) is 0 Å². The van der Waals surface area contributed by atoms with Crippen molar-refractivity contribution in [2.75, 3.05) is 0 Å². The second kappa shape index (κ2) is 6.30. The molecule has 1 aliphatic rings. The summed E-state index contributed by atoms with van der Waals surface area (Å²) in [6.45, 7) is 0.399. The molecular formula is C15H18N4OS. The lowest BCUT2D eigenvalue weighted by Crippen LogP contribution is -2.42. The Kier molecular flexibility index (Phi) is 4.24. The first-order chi connectivity index (χ1) is 10.3. The highest BCUT2D eigenvalue weighted by Gasteiger charge is 2.42. The highest BCUT2D eigenvalue weighted by Crippen LogP contribution is 2.45. The molecule has 2 N–H and O–H groups in total. The third kappa shape index (κ3) is 3.26. The summed E-state index contributed by atoms with van der Waals surface area (Å²) in [5.41, 5.74) is 0. The molecule has 1 amide bonds. The number of nitrogens with one attached hydrogen (secondary N) is 2. The van der Waals surface area contributed by atoms with Crippen LogP contribution in [0.1, 0.15) is 31.5 Å². The SMILES string of the molecule is O=C(NCc1ncn[nH]1)C1(Sc2ccccc2)CCCC1. The Labute approximate surface area is 127 Å². The molecule has 0 atom stereocenters. The van der Waals surface area contributed by atoms with Crippen LogP contribution in [0.5, 0.6) is 0 Å². The van der Waals surface area contributed by atoms with Crippen molar-refractivity contribution in [3.05, 3.63) is 42.5 Å². The maximum Gasteiger partial charge on any atom is 0.236 e. The zero-order chi connectivity index (χ0) is 14.5. The lowest BCUT2D eigenvalue weighted by Gasteiger charge is -2.26. The van der Waals surface area contributed by atoms with E-state index >= 15 is 0 Å². The maximum absolute atomic E-state index is 12.7. The van der Waals surface area contributed by atoms with Gasteiger partial charge in [0.2, 0.25) is 5.91 Å². The molecule has 0 unspecified atom stereocenters. The molecule has 2 aromatic rings. The van der Waals surface area contributed by atoms with Crippen LogP contribution in [-0.4, -0.2) is 25.8 Å². The smallest absolute Gasteiger partial charge is 0.236 e. The Bertz CT molecular complexity index is 579. The fourth-order valence-corrected chi connectivity index (χ4v) is 4.08. The predicted octanol–water partition coefficient (Wildman–Crippen LogP) is 2.53. The van der Waals surface area contributed by atoms with Gasteiger partial charge in [-0.1, -0.05) is 31.0 Å². The molecule has 3 rings (SSSR count). The van der Waals surface area contributed by atoms with Gasteiger partial charge in [-0.25, -0.2) is 4.98 Å². The number of aromatic amines is 1. The Morgan fingerprint density at radius 1 is 1.29 bits per heavy atom. The molecule has 1 fully saturated rings. The number of aromatic nitrogens is 3. The van der Waals surface area contributed by atoms with E-state index in [2.05, 4.69) is 32.6 Å². The number of carbonyl (C=O) groups excluding carboxylic acids is 1. The summed E-state index contributed by atoms with van der Waals surface area (Å²) >= 11 is 1.69. The third-order valence-corrected chi connectivity index (χ3v) is 5.26. The number of hydrogen-bond donors (Lipinski definition) is 2. The molecule has 21 heavy (non-hydrogen) atoms. The van der Waals surface area contributed by atoms with Crippen LogP contribution >= 0.6 is 11.8 Å². The van der Waals surface area contributed by atoms with Crippen LogP contribution in [0.3, 0.4) is 0 Å². The average molecular weight is 302 g/mol. The highest BCUT2D eigenvalue weighted by molar-refractivity contribution is 8.01. The zero-order valence-corrected chi connectivity index (χ0v) is 12.5. The zero-order valence-electron chi connectivity index (χ0n) is 11.7. The summed E-state index contributed by atoms with van der Waals surface area (Å²) in [6, 6.07) is 10.1. The highest BCUT2D eigenvalue weighted by atomic mass is 32.2. The van der Waals surface area contributed by atoms with E-state index in [1.807, 2.05) is 18.2 Å². The molecule has 0 spiro atoms. The Morgan fingerprint density at radius 2 is 2.05 bits per heavy atom. The minimum atomic E-state index is -0.346. The molecule has 1 aromatic carbocycles. The van der Waals surface area contributed by atoms with Crippen molar-refractivity contribution in [1.29, 1.82) is 0 Å². The minimum absolute atomic E-state index is 0.102. The second-order valence-electron chi connectivity index (χ2n) is 5.23. The fourth-order valence-electron chi connectivity index (χ4n) is 2.68. The summed E-state index contributed by atoms with van der Waals surface area (Å²) in [4.78, 5) is 17.9. The van der Waals surface area contributed by atoms with Crippen molar-refractivity contribution >= 4 is 17.7 Å². The van der Waals surface area contributed by atoms with Gasteiger partial charge in [0.05, 0.1) is 11.3 Å². The van der Waals surface area contributed by atoms with Gasteiger partial charge in [-0.05, 0) is 25.0 Å². The summed E-state index contributed by atoms with van der Waals surface area (Å²) in [5.74, 6) is 0.784. The molecule has 6 heteroatoms. The van der Waals surface area contributed by atoms with E-state index in [4.69, 9.17) is 0 Å². The van der Waals surface area contributed by atoms with E-state index in [9.17, 15) is 4.79 Å². The average Bonchev–Trinajstić information content (AvgIpc) is 3.18. The van der Waals surface area contributed by atoms with Crippen LogP contribution in [0.15, 0.2) is 41.6 Å². The van der Waals surface area contributed by atoms with Crippen LogP contribution in [0.25, 0.3) is 0 Å². The van der Waals surface area contributed by atoms with Crippen molar-refractivity contribution in [3.8, 4) is 0 Å². The summed E-state index contributed by atoms with van der Waals surface area (Å²) in [7, 11) is 0. The monoisotopic (exact) mass is 302 g/mol. The third-order valence-electron chi connectivity index (χ3n) is 3.76. The van der Waals surface area contributed by atoms with E-state index in [0.717, 1.165) is 30.6 Å². The van der Waals surface area contributed by atoms with Crippen LogP contribution in [0, 0.1) is 0 Å². The summed E-state index contributed by atoms with van der Waals surface area (Å²) in [5, 5.41) is 9.55. The molecule has 5 nitrogen and oxygen atoms in total. The lowest BCUT2D eigenvalue weighted by molar-refractivity contribution is -0.123. The molecule has 0 saturated heterocycles. The van der Waals surface area contributed by atoms with Crippen LogP contribution in [0.4, 0.5) is 0 Å². The summed E-state index contributed by atoms with van der Waals surface area (Å²) in [6.07, 6.45) is 5.51. The quantitative estimate of drug-likeness (QED) is 0.890. The van der Waals surface area contributed by atoms with E-state index in [1.165, 1.54) is 6.33 Å². The standard InChI is InChI=1S/C15H18N4OS/c20-14(16-10-13-17-11-18-19-13)15(8-4-5-9-15)21-12-6-2-1-3-7-12/h1-3,6-7,11H,4-5,8-10H2,(H,16,20)(H,17,18,19). The van der Waals surface area contributed by atoms with Crippen LogP contribution in [-0.2, 0) is 11.3 Å². The van der Waals surface area contributed by atoms with Gasteiger partial charge in [-0.2, -0.15) is 5.10 Å². The predicted molar refractivity (Wildman–Crippen MR) is 81.7 cm³/mol. The molecular weight excluding hydrogens is 284 g/mol. The van der Waals surface area contributed by atoms with Gasteiger partial charge in [-0.3, -0.25) is 9.89 Å². The Balaban J connectivity index is 1.69. The van der Waals surface area contributed by atoms with Crippen molar-refractivity contribution in [2.24, 2.45) is 0 Å². The van der Waals surface area contributed by atoms with Gasteiger partial charge >= 0.3 is 0 Å². The number of carbonyl (C=O) groups is 1. The van der Waals surface area contributed by atoms with Gasteiger partial charge < -0.3 is 5.32 Å². The van der Waals surface area contributed by atoms with Gasteiger partial charge in [-0.15, -0.1) is 11.8 Å². The molecule has 1 heterocycles.